The van der Waals surface area contributed by atoms with Crippen LogP contribution in [0.1, 0.15) is 17.7 Å². The Kier molecular flexibility index (Phi) is 5.55. The smallest absolute Gasteiger partial charge is 0.322 e. The summed E-state index contributed by atoms with van der Waals surface area (Å²) in [5, 5.41) is 7.75. The van der Waals surface area contributed by atoms with Crippen molar-refractivity contribution in [1.82, 2.24) is 10.2 Å². The minimum absolute atomic E-state index is 0.101. The summed E-state index contributed by atoms with van der Waals surface area (Å²) in [5.41, 5.74) is 0.676. The van der Waals surface area contributed by atoms with Crippen molar-refractivity contribution in [3.63, 3.8) is 0 Å². The Balaban J connectivity index is 1.57. The van der Waals surface area contributed by atoms with Crippen LogP contribution in [-0.4, -0.2) is 36.5 Å². The molecule has 0 aliphatic carbocycles. The number of ether oxygens (including phenoxy) is 1. The maximum Gasteiger partial charge on any atom is 0.322 e. The second-order valence-corrected chi connectivity index (χ2v) is 6.84. The maximum absolute atomic E-state index is 12.5. The van der Waals surface area contributed by atoms with Gasteiger partial charge in [-0.1, -0.05) is 6.07 Å². The summed E-state index contributed by atoms with van der Waals surface area (Å²) < 4.78 is 5.10. The minimum Gasteiger partial charge on any atom is -0.497 e. The summed E-state index contributed by atoms with van der Waals surface area (Å²) in [6.45, 7) is 1.08. The zero-order valence-corrected chi connectivity index (χ0v) is 14.8. The van der Waals surface area contributed by atoms with Gasteiger partial charge in [0.05, 0.1) is 13.7 Å². The summed E-state index contributed by atoms with van der Waals surface area (Å²) in [6.07, 6.45) is 1.51. The first-order valence-corrected chi connectivity index (χ1v) is 9.07. The number of carbonyl (C=O) groups excluding carboxylic acids is 2. The molecule has 0 unspecified atom stereocenters. The third-order valence-corrected chi connectivity index (χ3v) is 5.05. The van der Waals surface area contributed by atoms with Gasteiger partial charge in [-0.3, -0.25) is 4.79 Å². The predicted octanol–water partition coefficient (Wildman–Crippen LogP) is 3.07. The lowest BCUT2D eigenvalue weighted by atomic mass is 10.2. The molecule has 0 bridgehead atoms. The average molecular weight is 359 g/mol. The van der Waals surface area contributed by atoms with Gasteiger partial charge in [0.2, 0.25) is 5.91 Å². The van der Waals surface area contributed by atoms with Gasteiger partial charge < -0.3 is 20.3 Å². The van der Waals surface area contributed by atoms with Crippen molar-refractivity contribution in [2.75, 3.05) is 19.0 Å². The van der Waals surface area contributed by atoms with Crippen LogP contribution in [0.25, 0.3) is 0 Å². The van der Waals surface area contributed by atoms with Gasteiger partial charge in [0.15, 0.2) is 0 Å². The fourth-order valence-corrected chi connectivity index (χ4v) is 3.50. The highest BCUT2D eigenvalue weighted by atomic mass is 32.1. The van der Waals surface area contributed by atoms with Crippen molar-refractivity contribution >= 4 is 29.0 Å². The number of rotatable bonds is 5. The molecular weight excluding hydrogens is 338 g/mol. The zero-order chi connectivity index (χ0) is 17.6. The first-order valence-electron chi connectivity index (χ1n) is 8.19. The van der Waals surface area contributed by atoms with Crippen LogP contribution < -0.4 is 15.4 Å². The van der Waals surface area contributed by atoms with Crippen LogP contribution in [0.5, 0.6) is 5.75 Å². The summed E-state index contributed by atoms with van der Waals surface area (Å²) >= 11 is 1.60. The molecule has 3 amide bonds. The second-order valence-electron chi connectivity index (χ2n) is 5.81. The Bertz CT molecular complexity index is 716. The number of methoxy groups -OCH3 is 1. The molecule has 25 heavy (non-hydrogen) atoms. The van der Waals surface area contributed by atoms with Crippen molar-refractivity contribution in [2.24, 2.45) is 0 Å². The van der Waals surface area contributed by atoms with Crippen LogP contribution in [0.15, 0.2) is 41.8 Å². The van der Waals surface area contributed by atoms with Gasteiger partial charge in [0.25, 0.3) is 0 Å². The van der Waals surface area contributed by atoms with E-state index in [-0.39, 0.29) is 11.9 Å². The first kappa shape index (κ1) is 17.3. The van der Waals surface area contributed by atoms with Gasteiger partial charge in [-0.05, 0) is 48.6 Å². The summed E-state index contributed by atoms with van der Waals surface area (Å²) in [5.74, 6) is 0.626. The molecule has 132 valence electrons. The third kappa shape index (κ3) is 4.30. The van der Waals surface area contributed by atoms with Crippen molar-refractivity contribution < 1.29 is 14.3 Å². The van der Waals surface area contributed by atoms with E-state index in [2.05, 4.69) is 10.6 Å². The molecule has 7 heteroatoms. The minimum atomic E-state index is -0.418. The molecule has 1 saturated heterocycles. The van der Waals surface area contributed by atoms with E-state index in [0.717, 1.165) is 17.0 Å². The highest BCUT2D eigenvalue weighted by Crippen LogP contribution is 2.21. The van der Waals surface area contributed by atoms with Crippen LogP contribution >= 0.6 is 11.3 Å². The van der Waals surface area contributed by atoms with Gasteiger partial charge in [-0.2, -0.15) is 0 Å². The lowest BCUT2D eigenvalue weighted by Crippen LogP contribution is -2.47. The molecule has 0 saturated carbocycles. The molecule has 1 fully saturated rings. The van der Waals surface area contributed by atoms with Gasteiger partial charge in [-0.25, -0.2) is 4.79 Å². The fraction of sp³-hybridized carbons (Fsp3) is 0.333. The number of benzene rings is 1. The second kappa shape index (κ2) is 8.02. The van der Waals surface area contributed by atoms with Gasteiger partial charge in [0, 0.05) is 17.1 Å². The highest BCUT2D eigenvalue weighted by molar-refractivity contribution is 7.09. The van der Waals surface area contributed by atoms with Crippen LogP contribution in [0.3, 0.4) is 0 Å². The quantitative estimate of drug-likeness (QED) is 0.862. The normalized spacial score (nSPS) is 16.5. The Morgan fingerprint density at radius 1 is 1.28 bits per heavy atom. The van der Waals surface area contributed by atoms with Crippen LogP contribution in [0.4, 0.5) is 10.5 Å². The number of carbonyl (C=O) groups is 2. The van der Waals surface area contributed by atoms with Gasteiger partial charge >= 0.3 is 6.03 Å². The van der Waals surface area contributed by atoms with Crippen molar-refractivity contribution in [3.05, 3.63) is 46.7 Å². The number of hydrogen-bond acceptors (Lipinski definition) is 4. The van der Waals surface area contributed by atoms with E-state index in [1.54, 1.807) is 47.6 Å². The van der Waals surface area contributed by atoms with Gasteiger partial charge in [0.1, 0.15) is 11.8 Å². The zero-order valence-electron chi connectivity index (χ0n) is 14.0. The topological polar surface area (TPSA) is 70.7 Å². The lowest BCUT2D eigenvalue weighted by Gasteiger charge is -2.24. The summed E-state index contributed by atoms with van der Waals surface area (Å²) in [4.78, 5) is 27.7. The molecule has 1 aliphatic heterocycles. The molecule has 1 atom stereocenters. The number of urea groups is 1. The summed E-state index contributed by atoms with van der Waals surface area (Å²) in [7, 11) is 1.59. The van der Waals surface area contributed by atoms with E-state index in [1.165, 1.54) is 0 Å². The number of nitrogens with one attached hydrogen (secondary N) is 2. The largest absolute Gasteiger partial charge is 0.497 e. The Morgan fingerprint density at radius 2 is 2.08 bits per heavy atom. The van der Waals surface area contributed by atoms with Crippen molar-refractivity contribution in [2.45, 2.75) is 25.4 Å². The first-order chi connectivity index (χ1) is 12.2. The van der Waals surface area contributed by atoms with E-state index in [1.807, 2.05) is 17.5 Å². The maximum atomic E-state index is 12.5. The summed E-state index contributed by atoms with van der Waals surface area (Å²) in [6, 6.07) is 10.4. The molecule has 2 aromatic rings. The Hall–Kier alpha value is -2.54. The number of hydrogen-bond donors (Lipinski definition) is 2. The lowest BCUT2D eigenvalue weighted by molar-refractivity contribution is -0.124. The molecule has 0 spiro atoms. The Labute approximate surface area is 150 Å². The standard InChI is InChI=1S/C18H21N3O3S/c1-24-14-8-6-13(7-9-14)20-18(23)21-10-2-5-16(21)17(22)19-12-15-4-3-11-25-15/h3-4,6-9,11,16H,2,5,10,12H2,1H3,(H,19,22)(H,20,23)/t16-/m0/s1. The average Bonchev–Trinajstić information content (AvgIpc) is 3.32. The molecular formula is C18H21N3O3S. The van der Waals surface area contributed by atoms with E-state index >= 15 is 0 Å². The third-order valence-electron chi connectivity index (χ3n) is 4.17. The predicted molar refractivity (Wildman–Crippen MR) is 97.9 cm³/mol. The number of thiophene rings is 1. The molecule has 2 heterocycles. The fourth-order valence-electron chi connectivity index (χ4n) is 2.86. The van der Waals surface area contributed by atoms with Crippen molar-refractivity contribution in [3.8, 4) is 5.75 Å². The van der Waals surface area contributed by atoms with Gasteiger partial charge in [-0.15, -0.1) is 11.3 Å². The molecule has 0 radical (unpaired) electrons. The number of likely N-dealkylation sites (tertiary alicyclic amines) is 1. The molecule has 6 nitrogen and oxygen atoms in total. The molecule has 2 N–H and O–H groups in total. The SMILES string of the molecule is COc1ccc(NC(=O)N2CCC[C@H]2C(=O)NCc2cccs2)cc1. The van der Waals surface area contributed by atoms with E-state index in [0.29, 0.717) is 25.2 Å². The number of amides is 3. The highest BCUT2D eigenvalue weighted by Gasteiger charge is 2.34. The van der Waals surface area contributed by atoms with E-state index < -0.39 is 6.04 Å². The number of nitrogens with zero attached hydrogens (tertiary/aromatic N) is 1. The molecule has 1 aromatic carbocycles. The Morgan fingerprint density at radius 3 is 2.76 bits per heavy atom. The van der Waals surface area contributed by atoms with E-state index in [9.17, 15) is 9.59 Å². The van der Waals surface area contributed by atoms with Crippen molar-refractivity contribution in [1.29, 1.82) is 0 Å². The molecule has 3 rings (SSSR count). The van der Waals surface area contributed by atoms with Crippen LogP contribution in [-0.2, 0) is 11.3 Å². The van der Waals surface area contributed by atoms with Crippen LogP contribution in [0, 0.1) is 0 Å². The van der Waals surface area contributed by atoms with E-state index in [4.69, 9.17) is 4.74 Å². The number of anilines is 1. The molecule has 1 aromatic heterocycles. The molecule has 1 aliphatic rings. The monoisotopic (exact) mass is 359 g/mol. The van der Waals surface area contributed by atoms with Crippen LogP contribution in [0.2, 0.25) is 0 Å².